The van der Waals surface area contributed by atoms with E-state index in [1.807, 2.05) is 10.6 Å². The van der Waals surface area contributed by atoms with E-state index in [4.69, 9.17) is 10.1 Å². The van der Waals surface area contributed by atoms with Gasteiger partial charge in [0.25, 0.3) is 0 Å². The first-order valence-electron chi connectivity index (χ1n) is 12.0. The van der Waals surface area contributed by atoms with E-state index in [2.05, 4.69) is 26.6 Å². The summed E-state index contributed by atoms with van der Waals surface area (Å²) < 4.78 is 15.9. The Kier molecular flexibility index (Phi) is 4.22. The van der Waals surface area contributed by atoms with Crippen LogP contribution in [0.15, 0.2) is 24.4 Å². The average molecular weight is 462 g/mol. The Bertz CT molecular complexity index is 1430. The highest BCUT2D eigenvalue weighted by molar-refractivity contribution is 5.89. The fraction of sp³-hybridized carbons (Fsp3) is 0.458. The van der Waals surface area contributed by atoms with Gasteiger partial charge < -0.3 is 10.4 Å². The van der Waals surface area contributed by atoms with Crippen molar-refractivity contribution in [1.29, 1.82) is 0 Å². The van der Waals surface area contributed by atoms with Crippen LogP contribution in [-0.2, 0) is 4.79 Å². The van der Waals surface area contributed by atoms with Gasteiger partial charge in [-0.1, -0.05) is 0 Å². The number of carbonyl (C=O) groups is 1. The largest absolute Gasteiger partial charge is 0.481 e. The minimum Gasteiger partial charge on any atom is -0.481 e. The predicted octanol–water partition coefficient (Wildman–Crippen LogP) is 3.99. The molecule has 3 N–H and O–H groups in total. The minimum atomic E-state index is -0.743. The molecule has 0 amide bonds. The molecule has 0 spiro atoms. The van der Waals surface area contributed by atoms with E-state index in [0.717, 1.165) is 55.9 Å². The molecular weight excluding hydrogens is 437 g/mol. The molecule has 4 fully saturated rings. The molecule has 34 heavy (non-hydrogen) atoms. The lowest BCUT2D eigenvalue weighted by molar-refractivity contribution is -0.148. The number of rotatable bonds is 5. The Hall–Kier alpha value is -3.56. The molecule has 4 aromatic rings. The Labute approximate surface area is 193 Å². The summed E-state index contributed by atoms with van der Waals surface area (Å²) in [6, 6.07) is 5.27. The Morgan fingerprint density at radius 1 is 1.15 bits per heavy atom. The number of hydrogen-bond acceptors (Lipinski definition) is 6. The fourth-order valence-corrected chi connectivity index (χ4v) is 6.13. The molecule has 10 heteroatoms. The maximum absolute atomic E-state index is 14.0. The molecule has 0 saturated heterocycles. The molecule has 0 aliphatic heterocycles. The first kappa shape index (κ1) is 19.9. The molecule has 9 nitrogen and oxygen atoms in total. The third-order valence-electron chi connectivity index (χ3n) is 7.94. The van der Waals surface area contributed by atoms with Crippen LogP contribution in [0.5, 0.6) is 0 Å². The maximum atomic E-state index is 14.0. The smallest absolute Gasteiger partial charge is 0.308 e. The van der Waals surface area contributed by atoms with E-state index in [0.29, 0.717) is 40.2 Å². The van der Waals surface area contributed by atoms with Crippen molar-refractivity contribution in [2.24, 2.45) is 17.8 Å². The van der Waals surface area contributed by atoms with Gasteiger partial charge in [0.15, 0.2) is 11.5 Å². The second-order valence-corrected chi connectivity index (χ2v) is 9.95. The van der Waals surface area contributed by atoms with E-state index in [1.165, 1.54) is 6.07 Å². The van der Waals surface area contributed by atoms with E-state index in [9.17, 15) is 14.3 Å². The number of fused-ring (bicyclic) bond motifs is 5. The molecular formula is C24H24FN7O2. The second-order valence-electron chi connectivity index (χ2n) is 9.95. The summed E-state index contributed by atoms with van der Waals surface area (Å²) in [5.41, 5.74) is 2.81. The number of nitrogens with one attached hydrogen (secondary N) is 2. The molecule has 4 heterocycles. The van der Waals surface area contributed by atoms with Crippen molar-refractivity contribution in [3.8, 4) is 11.5 Å². The van der Waals surface area contributed by atoms with Crippen LogP contribution >= 0.6 is 0 Å². The zero-order valence-corrected chi connectivity index (χ0v) is 18.4. The molecule has 4 aliphatic rings. The summed E-state index contributed by atoms with van der Waals surface area (Å²) in [6.45, 7) is 0. The topological polar surface area (TPSA) is 121 Å². The van der Waals surface area contributed by atoms with Crippen LogP contribution in [0.4, 0.5) is 10.2 Å². The third kappa shape index (κ3) is 3.00. The highest BCUT2D eigenvalue weighted by Crippen LogP contribution is 2.47. The monoisotopic (exact) mass is 461 g/mol. The number of aromatic amines is 1. The number of hydrogen-bond donors (Lipinski definition) is 3. The number of halogens is 1. The van der Waals surface area contributed by atoms with Gasteiger partial charge in [0.2, 0.25) is 5.82 Å². The van der Waals surface area contributed by atoms with Crippen LogP contribution in [0.25, 0.3) is 28.1 Å². The Morgan fingerprint density at radius 2 is 1.94 bits per heavy atom. The van der Waals surface area contributed by atoms with Crippen LogP contribution in [-0.4, -0.2) is 46.9 Å². The minimum absolute atomic E-state index is 0.187. The summed E-state index contributed by atoms with van der Waals surface area (Å²) in [7, 11) is 0. The number of carboxylic acid groups (broad SMARTS) is 1. The van der Waals surface area contributed by atoms with Crippen LogP contribution in [0.3, 0.4) is 0 Å². The number of aliphatic carboxylic acids is 1. The van der Waals surface area contributed by atoms with Crippen LogP contribution in [0, 0.1) is 23.6 Å². The number of pyridine rings is 1. The van der Waals surface area contributed by atoms with Crippen LogP contribution in [0.1, 0.15) is 50.1 Å². The predicted molar refractivity (Wildman–Crippen MR) is 122 cm³/mol. The summed E-state index contributed by atoms with van der Waals surface area (Å²) in [5.74, 6) is 0.279. The number of nitrogens with zero attached hydrogens (tertiary/aromatic N) is 5. The number of carboxylic acids is 1. The first-order chi connectivity index (χ1) is 16.6. The summed E-state index contributed by atoms with van der Waals surface area (Å²) in [5, 5.41) is 26.0. The molecule has 2 atom stereocenters. The van der Waals surface area contributed by atoms with Crippen molar-refractivity contribution in [2.75, 3.05) is 5.32 Å². The molecule has 2 bridgehead atoms. The molecule has 8 rings (SSSR count). The van der Waals surface area contributed by atoms with E-state index in [1.54, 1.807) is 0 Å². The van der Waals surface area contributed by atoms with Gasteiger partial charge in [-0.25, -0.2) is 18.9 Å². The quantitative estimate of drug-likeness (QED) is 0.411. The summed E-state index contributed by atoms with van der Waals surface area (Å²) >= 11 is 0. The lowest BCUT2D eigenvalue weighted by Crippen LogP contribution is -2.51. The van der Waals surface area contributed by atoms with Crippen molar-refractivity contribution in [1.82, 2.24) is 29.8 Å². The third-order valence-corrected chi connectivity index (χ3v) is 7.94. The molecule has 4 aliphatic carbocycles. The first-order valence-corrected chi connectivity index (χ1v) is 12.0. The molecule has 174 valence electrons. The SMILES string of the molecule is O=C(O)[C@H]1C2CCC(CC2)[C@@H]1Nc1nc(-c2[nH]nc3ncc(F)cc23)nn2c(C3CC3)ccc12. The second kappa shape index (κ2) is 7.22. The van der Waals surface area contributed by atoms with Crippen molar-refractivity contribution in [3.63, 3.8) is 0 Å². The van der Waals surface area contributed by atoms with Crippen LogP contribution < -0.4 is 5.32 Å². The standard InChI is InChI=1S/C24H24FN7O2/c25-14-9-15-20(29-30-21(15)26-10-14)23-28-22(17-8-7-16(11-1-2-11)32(17)31-23)27-19-13-5-3-12(4-6-13)18(19)24(33)34/h7-13,18-19H,1-6H2,(H,33,34)(H,26,29,30)(H,27,28,31)/t12?,13?,18-,19-/m0/s1. The molecule has 0 radical (unpaired) electrons. The van der Waals surface area contributed by atoms with E-state index < -0.39 is 17.7 Å². The summed E-state index contributed by atoms with van der Waals surface area (Å²) in [4.78, 5) is 21.1. The van der Waals surface area contributed by atoms with Gasteiger partial charge in [-0.3, -0.25) is 9.89 Å². The van der Waals surface area contributed by atoms with Gasteiger partial charge >= 0.3 is 5.97 Å². The van der Waals surface area contributed by atoms with Crippen molar-refractivity contribution >= 4 is 28.3 Å². The van der Waals surface area contributed by atoms with Gasteiger partial charge in [-0.15, -0.1) is 5.10 Å². The van der Waals surface area contributed by atoms with Gasteiger partial charge in [-0.05, 0) is 68.6 Å². The number of H-pyrrole nitrogens is 1. The lowest BCUT2D eigenvalue weighted by atomic mass is 9.61. The van der Waals surface area contributed by atoms with Gasteiger partial charge in [-0.2, -0.15) is 5.10 Å². The van der Waals surface area contributed by atoms with Crippen LogP contribution in [0.2, 0.25) is 0 Å². The van der Waals surface area contributed by atoms with Gasteiger partial charge in [0.05, 0.1) is 17.5 Å². The normalized spacial score (nSPS) is 26.4. The summed E-state index contributed by atoms with van der Waals surface area (Å²) in [6.07, 6.45) is 7.37. The van der Waals surface area contributed by atoms with E-state index in [-0.39, 0.29) is 12.0 Å². The highest BCUT2D eigenvalue weighted by Gasteiger charge is 2.47. The number of anilines is 1. The lowest BCUT2D eigenvalue weighted by Gasteiger charge is -2.47. The molecule has 4 aromatic heterocycles. The van der Waals surface area contributed by atoms with Gasteiger partial charge in [0.1, 0.15) is 17.0 Å². The zero-order chi connectivity index (χ0) is 23.0. The maximum Gasteiger partial charge on any atom is 0.308 e. The Balaban J connectivity index is 1.38. The van der Waals surface area contributed by atoms with Crippen molar-refractivity contribution < 1.29 is 14.3 Å². The highest BCUT2D eigenvalue weighted by atomic mass is 19.1. The Morgan fingerprint density at radius 3 is 2.71 bits per heavy atom. The van der Waals surface area contributed by atoms with Gasteiger partial charge in [0, 0.05) is 17.7 Å². The molecule has 0 aromatic carbocycles. The zero-order valence-electron chi connectivity index (χ0n) is 18.4. The molecule has 0 unspecified atom stereocenters. The van der Waals surface area contributed by atoms with Crippen molar-refractivity contribution in [3.05, 3.63) is 35.9 Å². The fourth-order valence-electron chi connectivity index (χ4n) is 6.13. The average Bonchev–Trinajstić information content (AvgIpc) is 3.45. The number of aromatic nitrogens is 6. The molecule has 4 saturated carbocycles. The van der Waals surface area contributed by atoms with E-state index >= 15 is 0 Å². The van der Waals surface area contributed by atoms with Crippen molar-refractivity contribution in [2.45, 2.75) is 50.5 Å².